The van der Waals surface area contributed by atoms with Gasteiger partial charge in [-0.1, -0.05) is 0 Å². The van der Waals surface area contributed by atoms with E-state index in [9.17, 15) is 9.18 Å². The summed E-state index contributed by atoms with van der Waals surface area (Å²) in [5.74, 6) is -0.578. The molecule has 1 amide bonds. The van der Waals surface area contributed by atoms with Crippen LogP contribution in [0.5, 0.6) is 0 Å². The summed E-state index contributed by atoms with van der Waals surface area (Å²) in [5.41, 5.74) is -0.0679. The third-order valence-electron chi connectivity index (χ3n) is 2.33. The van der Waals surface area contributed by atoms with E-state index in [1.165, 1.54) is 18.3 Å². The number of carbonyl (C=O) groups is 1. The van der Waals surface area contributed by atoms with Gasteiger partial charge in [0.25, 0.3) is 5.91 Å². The summed E-state index contributed by atoms with van der Waals surface area (Å²) in [5, 5.41) is 2.58. The van der Waals surface area contributed by atoms with Gasteiger partial charge >= 0.3 is 0 Å². The molecule has 6 heteroatoms. The zero-order chi connectivity index (χ0) is 12.3. The number of amides is 1. The molecule has 0 aliphatic carbocycles. The van der Waals surface area contributed by atoms with Gasteiger partial charge in [0.15, 0.2) is 0 Å². The molecule has 0 bridgehead atoms. The highest BCUT2D eigenvalue weighted by molar-refractivity contribution is 5.93. The molecular weight excluding hydrogens is 223 g/mol. The zero-order valence-electron chi connectivity index (χ0n) is 9.22. The molecule has 0 fully saturated rings. The molecule has 0 aliphatic rings. The lowest BCUT2D eigenvalue weighted by Gasteiger charge is -2.05. The maximum Gasteiger partial charge on any atom is 0.256 e. The summed E-state index contributed by atoms with van der Waals surface area (Å²) >= 11 is 0. The average Bonchev–Trinajstić information content (AvgIpc) is 2.72. The first kappa shape index (κ1) is 11.3. The van der Waals surface area contributed by atoms with E-state index < -0.39 is 11.9 Å². The van der Waals surface area contributed by atoms with Gasteiger partial charge < -0.3 is 9.88 Å². The molecule has 0 aromatic carbocycles. The molecule has 2 rings (SSSR count). The molecule has 0 radical (unpaired) electrons. The van der Waals surface area contributed by atoms with Crippen molar-refractivity contribution in [1.29, 1.82) is 0 Å². The number of rotatable bonds is 3. The van der Waals surface area contributed by atoms with Crippen molar-refractivity contribution in [2.24, 2.45) is 7.05 Å². The smallest absolute Gasteiger partial charge is 0.256 e. The van der Waals surface area contributed by atoms with Crippen molar-refractivity contribution < 1.29 is 9.18 Å². The van der Waals surface area contributed by atoms with Crippen molar-refractivity contribution in [2.45, 2.75) is 6.54 Å². The number of hydrogen-bond donors (Lipinski definition) is 1. The first-order valence-electron chi connectivity index (χ1n) is 5.03. The van der Waals surface area contributed by atoms with Gasteiger partial charge in [-0.15, -0.1) is 0 Å². The Morgan fingerprint density at radius 3 is 2.94 bits per heavy atom. The quantitative estimate of drug-likeness (QED) is 0.802. The number of aryl methyl sites for hydroxylation is 1. The Labute approximate surface area is 97.3 Å². The van der Waals surface area contributed by atoms with Crippen molar-refractivity contribution >= 4 is 5.91 Å². The highest BCUT2D eigenvalue weighted by Gasteiger charge is 2.12. The Morgan fingerprint density at radius 2 is 2.29 bits per heavy atom. The van der Waals surface area contributed by atoms with Crippen LogP contribution in [0.1, 0.15) is 16.2 Å². The standard InChI is InChI=1S/C11H11FN4O/c1-16-6-5-13-9(16)7-15-11(17)8-3-2-4-14-10(8)12/h2-6H,7H2,1H3,(H,15,17). The summed E-state index contributed by atoms with van der Waals surface area (Å²) in [7, 11) is 1.82. The number of nitrogens with zero attached hydrogens (tertiary/aromatic N) is 3. The van der Waals surface area contributed by atoms with Gasteiger partial charge in [0.2, 0.25) is 5.95 Å². The fourth-order valence-corrected chi connectivity index (χ4v) is 1.38. The van der Waals surface area contributed by atoms with Crippen molar-refractivity contribution in [3.63, 3.8) is 0 Å². The van der Waals surface area contributed by atoms with Crippen LogP contribution in [0.2, 0.25) is 0 Å². The Balaban J connectivity index is 2.04. The van der Waals surface area contributed by atoms with Crippen LogP contribution in [0.3, 0.4) is 0 Å². The number of pyridine rings is 1. The SMILES string of the molecule is Cn1ccnc1CNC(=O)c1cccnc1F. The molecule has 2 aromatic rings. The molecular formula is C11H11FN4O. The molecule has 17 heavy (non-hydrogen) atoms. The van der Waals surface area contributed by atoms with Crippen LogP contribution >= 0.6 is 0 Å². The predicted octanol–water partition coefficient (Wildman–Crippen LogP) is 0.884. The van der Waals surface area contributed by atoms with Gasteiger partial charge in [0.1, 0.15) is 5.82 Å². The number of hydrogen-bond acceptors (Lipinski definition) is 3. The molecule has 0 saturated heterocycles. The summed E-state index contributed by atoms with van der Waals surface area (Å²) in [6, 6.07) is 2.90. The number of carbonyl (C=O) groups excluding carboxylic acids is 1. The number of halogens is 1. The highest BCUT2D eigenvalue weighted by atomic mass is 19.1. The van der Waals surface area contributed by atoms with E-state index in [0.717, 1.165) is 0 Å². The van der Waals surface area contributed by atoms with Gasteiger partial charge in [0, 0.05) is 25.6 Å². The first-order valence-corrected chi connectivity index (χ1v) is 5.03. The van der Waals surface area contributed by atoms with E-state index in [2.05, 4.69) is 15.3 Å². The fraction of sp³-hybridized carbons (Fsp3) is 0.182. The number of nitrogens with one attached hydrogen (secondary N) is 1. The lowest BCUT2D eigenvalue weighted by molar-refractivity contribution is 0.0944. The summed E-state index contributed by atoms with van der Waals surface area (Å²) in [6.07, 6.45) is 4.70. The lowest BCUT2D eigenvalue weighted by atomic mass is 10.2. The van der Waals surface area contributed by atoms with Gasteiger partial charge in [-0.2, -0.15) is 4.39 Å². The molecule has 5 nitrogen and oxygen atoms in total. The first-order chi connectivity index (χ1) is 8.18. The Bertz CT molecular complexity index is 538. The topological polar surface area (TPSA) is 59.8 Å². The largest absolute Gasteiger partial charge is 0.345 e. The van der Waals surface area contributed by atoms with Crippen LogP contribution in [0.15, 0.2) is 30.7 Å². The van der Waals surface area contributed by atoms with Crippen LogP contribution in [0.25, 0.3) is 0 Å². The van der Waals surface area contributed by atoms with E-state index in [1.807, 2.05) is 7.05 Å². The summed E-state index contributed by atoms with van der Waals surface area (Å²) in [4.78, 5) is 19.1. The lowest BCUT2D eigenvalue weighted by Crippen LogP contribution is -2.25. The maximum absolute atomic E-state index is 13.2. The van der Waals surface area contributed by atoms with Crippen LogP contribution in [-0.4, -0.2) is 20.4 Å². The molecule has 0 atom stereocenters. The monoisotopic (exact) mass is 234 g/mol. The van der Waals surface area contributed by atoms with Crippen LogP contribution in [0.4, 0.5) is 4.39 Å². The Kier molecular flexibility index (Phi) is 3.13. The minimum Gasteiger partial charge on any atom is -0.345 e. The number of imidazole rings is 1. The highest BCUT2D eigenvalue weighted by Crippen LogP contribution is 2.03. The van der Waals surface area contributed by atoms with Crippen LogP contribution in [0, 0.1) is 5.95 Å². The average molecular weight is 234 g/mol. The van der Waals surface area contributed by atoms with Gasteiger partial charge in [-0.3, -0.25) is 4.79 Å². The molecule has 0 saturated carbocycles. The van der Waals surface area contributed by atoms with E-state index in [4.69, 9.17) is 0 Å². The molecule has 0 spiro atoms. The normalized spacial score (nSPS) is 10.2. The Morgan fingerprint density at radius 1 is 1.47 bits per heavy atom. The van der Waals surface area contributed by atoms with Gasteiger partial charge in [-0.25, -0.2) is 9.97 Å². The van der Waals surface area contributed by atoms with E-state index in [1.54, 1.807) is 17.0 Å². The second kappa shape index (κ2) is 4.73. The number of aromatic nitrogens is 3. The molecule has 2 heterocycles. The minimum absolute atomic E-state index is 0.0679. The zero-order valence-corrected chi connectivity index (χ0v) is 9.22. The maximum atomic E-state index is 13.2. The third kappa shape index (κ3) is 2.47. The van der Waals surface area contributed by atoms with Crippen LogP contribution < -0.4 is 5.32 Å². The molecule has 88 valence electrons. The second-order valence-corrected chi connectivity index (χ2v) is 3.48. The van der Waals surface area contributed by atoms with Crippen molar-refractivity contribution in [1.82, 2.24) is 19.9 Å². The molecule has 2 aromatic heterocycles. The predicted molar refractivity (Wildman–Crippen MR) is 58.6 cm³/mol. The van der Waals surface area contributed by atoms with Gasteiger partial charge in [0.05, 0.1) is 12.1 Å². The molecule has 0 aliphatic heterocycles. The van der Waals surface area contributed by atoms with Gasteiger partial charge in [-0.05, 0) is 12.1 Å². The Hall–Kier alpha value is -2.24. The fourth-order valence-electron chi connectivity index (χ4n) is 1.38. The molecule has 0 unspecified atom stereocenters. The third-order valence-corrected chi connectivity index (χ3v) is 2.33. The second-order valence-electron chi connectivity index (χ2n) is 3.48. The summed E-state index contributed by atoms with van der Waals surface area (Å²) in [6.45, 7) is 0.247. The minimum atomic E-state index is -0.773. The molecule has 1 N–H and O–H groups in total. The van der Waals surface area contributed by atoms with E-state index >= 15 is 0 Å². The summed E-state index contributed by atoms with van der Waals surface area (Å²) < 4.78 is 15.0. The van der Waals surface area contributed by atoms with Crippen molar-refractivity contribution in [2.75, 3.05) is 0 Å². The van der Waals surface area contributed by atoms with Crippen molar-refractivity contribution in [3.8, 4) is 0 Å². The van der Waals surface area contributed by atoms with Crippen molar-refractivity contribution in [3.05, 3.63) is 48.1 Å². The van der Waals surface area contributed by atoms with E-state index in [0.29, 0.717) is 5.82 Å². The van der Waals surface area contributed by atoms with E-state index in [-0.39, 0.29) is 12.1 Å². The van der Waals surface area contributed by atoms with Crippen LogP contribution in [-0.2, 0) is 13.6 Å².